The molecule has 1 amide bonds. The lowest BCUT2D eigenvalue weighted by molar-refractivity contribution is 0.103. The van der Waals surface area contributed by atoms with E-state index in [2.05, 4.69) is 20.4 Å². The Morgan fingerprint density at radius 3 is 2.86 bits per heavy atom. The van der Waals surface area contributed by atoms with Crippen molar-refractivity contribution in [3.63, 3.8) is 0 Å². The largest absolute Gasteiger partial charge is 0.375 e. The number of amides is 1. The lowest BCUT2D eigenvalue weighted by Crippen LogP contribution is -2.12. The highest BCUT2D eigenvalue weighted by atomic mass is 32.1. The van der Waals surface area contributed by atoms with E-state index < -0.39 is 0 Å². The van der Waals surface area contributed by atoms with Gasteiger partial charge in [0, 0.05) is 12.4 Å². The van der Waals surface area contributed by atoms with Crippen molar-refractivity contribution >= 4 is 28.1 Å². The highest BCUT2D eigenvalue weighted by molar-refractivity contribution is 7.17. The quantitative estimate of drug-likeness (QED) is 0.769. The number of hydrogen-bond donors (Lipinski definition) is 2. The summed E-state index contributed by atoms with van der Waals surface area (Å²) in [5, 5.41) is 7.23. The lowest BCUT2D eigenvalue weighted by Gasteiger charge is -2.05. The summed E-state index contributed by atoms with van der Waals surface area (Å²) in [6.45, 7) is 1.75. The van der Waals surface area contributed by atoms with Gasteiger partial charge in [-0.25, -0.2) is 14.6 Å². The molecule has 0 saturated heterocycles. The average Bonchev–Trinajstić information content (AvgIpc) is 3.09. The normalized spacial score (nSPS) is 10.5. The minimum absolute atomic E-state index is 0.240. The van der Waals surface area contributed by atoms with E-state index >= 15 is 0 Å². The molecule has 21 heavy (non-hydrogen) atoms. The van der Waals surface area contributed by atoms with E-state index in [0.29, 0.717) is 27.2 Å². The third-order valence-electron chi connectivity index (χ3n) is 2.76. The summed E-state index contributed by atoms with van der Waals surface area (Å²) in [4.78, 5) is 20.9. The van der Waals surface area contributed by atoms with E-state index in [9.17, 15) is 4.79 Å². The van der Waals surface area contributed by atoms with Crippen LogP contribution >= 0.6 is 11.3 Å². The molecule has 0 aliphatic rings. The van der Waals surface area contributed by atoms with Gasteiger partial charge in [-0.05, 0) is 25.1 Å². The monoisotopic (exact) mass is 300 g/mol. The third kappa shape index (κ3) is 2.75. The van der Waals surface area contributed by atoms with Gasteiger partial charge in [-0.1, -0.05) is 11.3 Å². The first-order chi connectivity index (χ1) is 10.1. The molecule has 3 aromatic rings. The molecule has 3 aromatic heterocycles. The van der Waals surface area contributed by atoms with Crippen LogP contribution in [-0.2, 0) is 0 Å². The van der Waals surface area contributed by atoms with Gasteiger partial charge in [0.15, 0.2) is 10.9 Å². The number of nitrogens with one attached hydrogen (secondary N) is 1. The number of aryl methyl sites for hydroxylation is 1. The standard InChI is InChI=1S/C13H12N6OS/c1-8-11(21-13(14)17-8)12(20)18-9-3-4-10(15-7-9)19-6-2-5-16-19/h2-7H,1H3,(H2,14,17)(H,18,20). The average molecular weight is 300 g/mol. The number of rotatable bonds is 3. The number of nitrogen functional groups attached to an aromatic ring is 1. The van der Waals surface area contributed by atoms with Crippen LogP contribution < -0.4 is 11.1 Å². The van der Waals surface area contributed by atoms with Gasteiger partial charge in [0.2, 0.25) is 0 Å². The Balaban J connectivity index is 1.76. The molecular weight excluding hydrogens is 288 g/mol. The van der Waals surface area contributed by atoms with Crippen LogP contribution in [-0.4, -0.2) is 25.7 Å². The molecule has 0 radical (unpaired) electrons. The van der Waals surface area contributed by atoms with Gasteiger partial charge >= 0.3 is 0 Å². The minimum Gasteiger partial charge on any atom is -0.375 e. The second kappa shape index (κ2) is 5.33. The van der Waals surface area contributed by atoms with Crippen molar-refractivity contribution in [2.45, 2.75) is 6.92 Å². The van der Waals surface area contributed by atoms with E-state index in [1.54, 1.807) is 42.3 Å². The molecular formula is C13H12N6OS. The molecule has 0 fully saturated rings. The third-order valence-corrected chi connectivity index (χ3v) is 3.75. The summed E-state index contributed by atoms with van der Waals surface area (Å²) in [6, 6.07) is 5.35. The molecule has 7 nitrogen and oxygen atoms in total. The van der Waals surface area contributed by atoms with Gasteiger partial charge < -0.3 is 11.1 Å². The van der Waals surface area contributed by atoms with E-state index in [-0.39, 0.29) is 5.91 Å². The van der Waals surface area contributed by atoms with Crippen LogP contribution in [0.3, 0.4) is 0 Å². The molecule has 8 heteroatoms. The Morgan fingerprint density at radius 2 is 2.29 bits per heavy atom. The van der Waals surface area contributed by atoms with Gasteiger partial charge in [0.1, 0.15) is 4.88 Å². The van der Waals surface area contributed by atoms with Crippen LogP contribution in [0.4, 0.5) is 10.8 Å². The molecule has 0 aliphatic carbocycles. The Bertz CT molecular complexity index is 763. The fraction of sp³-hybridized carbons (Fsp3) is 0.0769. The zero-order chi connectivity index (χ0) is 14.8. The zero-order valence-corrected chi connectivity index (χ0v) is 12.0. The van der Waals surface area contributed by atoms with Crippen molar-refractivity contribution < 1.29 is 4.79 Å². The van der Waals surface area contributed by atoms with Gasteiger partial charge in [-0.3, -0.25) is 4.79 Å². The molecule has 0 aromatic carbocycles. The maximum atomic E-state index is 12.1. The topological polar surface area (TPSA) is 98.7 Å². The van der Waals surface area contributed by atoms with E-state index in [1.165, 1.54) is 0 Å². The summed E-state index contributed by atoms with van der Waals surface area (Å²) < 4.78 is 1.64. The van der Waals surface area contributed by atoms with E-state index in [1.807, 2.05) is 6.07 Å². The number of aromatic nitrogens is 4. The number of carbonyl (C=O) groups is 1. The first-order valence-corrected chi connectivity index (χ1v) is 6.95. The Labute approximate surface area is 124 Å². The van der Waals surface area contributed by atoms with Gasteiger partial charge in [0.05, 0.1) is 17.6 Å². The second-order valence-electron chi connectivity index (χ2n) is 4.28. The zero-order valence-electron chi connectivity index (χ0n) is 11.1. The summed E-state index contributed by atoms with van der Waals surface area (Å²) in [5.74, 6) is 0.437. The number of carbonyl (C=O) groups excluding carboxylic acids is 1. The van der Waals surface area contributed by atoms with Gasteiger partial charge in [-0.15, -0.1) is 0 Å². The number of nitrogens with zero attached hydrogens (tertiary/aromatic N) is 4. The number of hydrogen-bond acceptors (Lipinski definition) is 6. The maximum absolute atomic E-state index is 12.1. The van der Waals surface area contributed by atoms with Crippen molar-refractivity contribution in [2.75, 3.05) is 11.1 Å². The Kier molecular flexibility index (Phi) is 3.36. The van der Waals surface area contributed by atoms with Gasteiger partial charge in [0.25, 0.3) is 5.91 Å². The lowest BCUT2D eigenvalue weighted by atomic mass is 10.3. The molecule has 0 unspecified atom stereocenters. The predicted molar refractivity (Wildman–Crippen MR) is 80.6 cm³/mol. The predicted octanol–water partition coefficient (Wildman–Crippen LogP) is 1.87. The smallest absolute Gasteiger partial charge is 0.267 e. The van der Waals surface area contributed by atoms with Crippen LogP contribution in [0.1, 0.15) is 15.4 Å². The summed E-state index contributed by atoms with van der Waals surface area (Å²) in [5.41, 5.74) is 6.81. The first kappa shape index (κ1) is 13.3. The van der Waals surface area contributed by atoms with Crippen molar-refractivity contribution in [2.24, 2.45) is 0 Å². The van der Waals surface area contributed by atoms with Crippen LogP contribution in [0.2, 0.25) is 0 Å². The first-order valence-electron chi connectivity index (χ1n) is 6.14. The van der Waals surface area contributed by atoms with E-state index in [0.717, 1.165) is 11.3 Å². The maximum Gasteiger partial charge on any atom is 0.267 e. The molecule has 106 valence electrons. The van der Waals surface area contributed by atoms with Crippen LogP contribution in [0, 0.1) is 6.92 Å². The number of thiazole rings is 1. The van der Waals surface area contributed by atoms with Crippen molar-refractivity contribution in [3.05, 3.63) is 47.4 Å². The van der Waals surface area contributed by atoms with Crippen LogP contribution in [0.5, 0.6) is 0 Å². The van der Waals surface area contributed by atoms with Gasteiger partial charge in [-0.2, -0.15) is 5.10 Å². The number of anilines is 2. The van der Waals surface area contributed by atoms with Crippen molar-refractivity contribution in [3.8, 4) is 5.82 Å². The molecule has 3 heterocycles. The number of pyridine rings is 1. The Morgan fingerprint density at radius 1 is 1.43 bits per heavy atom. The number of nitrogens with two attached hydrogens (primary N) is 1. The van der Waals surface area contributed by atoms with Crippen molar-refractivity contribution in [1.82, 2.24) is 19.7 Å². The molecule has 0 saturated carbocycles. The molecule has 0 spiro atoms. The van der Waals surface area contributed by atoms with Crippen LogP contribution in [0.15, 0.2) is 36.8 Å². The molecule has 3 N–H and O–H groups in total. The van der Waals surface area contributed by atoms with E-state index in [4.69, 9.17) is 5.73 Å². The fourth-order valence-electron chi connectivity index (χ4n) is 1.82. The molecule has 0 bridgehead atoms. The van der Waals surface area contributed by atoms with Crippen molar-refractivity contribution in [1.29, 1.82) is 0 Å². The SMILES string of the molecule is Cc1nc(N)sc1C(=O)Nc1ccc(-n2cccn2)nc1. The second-order valence-corrected chi connectivity index (χ2v) is 5.31. The summed E-state index contributed by atoms with van der Waals surface area (Å²) in [7, 11) is 0. The fourth-order valence-corrected chi connectivity index (χ4v) is 2.54. The van der Waals surface area contributed by atoms with Crippen LogP contribution in [0.25, 0.3) is 5.82 Å². The summed E-state index contributed by atoms with van der Waals surface area (Å²) in [6.07, 6.45) is 5.05. The highest BCUT2D eigenvalue weighted by Crippen LogP contribution is 2.21. The highest BCUT2D eigenvalue weighted by Gasteiger charge is 2.14. The molecule has 0 aliphatic heterocycles. The molecule has 0 atom stereocenters. The Hall–Kier alpha value is -2.74. The summed E-state index contributed by atoms with van der Waals surface area (Å²) >= 11 is 1.16. The minimum atomic E-state index is -0.240. The molecule has 3 rings (SSSR count).